The molecule has 2 aliphatic heterocycles. The van der Waals surface area contributed by atoms with Crippen molar-refractivity contribution >= 4 is 23.3 Å². The number of anilines is 2. The van der Waals surface area contributed by atoms with Crippen molar-refractivity contribution in [3.05, 3.63) is 53.6 Å². The van der Waals surface area contributed by atoms with Crippen molar-refractivity contribution in [1.82, 2.24) is 4.90 Å². The van der Waals surface area contributed by atoms with E-state index in [2.05, 4.69) is 16.7 Å². The highest BCUT2D eigenvalue weighted by Crippen LogP contribution is 2.31. The summed E-state index contributed by atoms with van der Waals surface area (Å²) in [6.07, 6.45) is 1.94. The van der Waals surface area contributed by atoms with Gasteiger partial charge in [0.15, 0.2) is 0 Å². The van der Waals surface area contributed by atoms with Crippen LogP contribution >= 0.6 is 0 Å². The Kier molecular flexibility index (Phi) is 6.65. The minimum atomic E-state index is -0.328. The van der Waals surface area contributed by atoms with E-state index in [1.54, 1.807) is 19.2 Å². The predicted octanol–water partition coefficient (Wildman–Crippen LogP) is 2.97. The van der Waals surface area contributed by atoms with E-state index in [0.717, 1.165) is 56.1 Å². The summed E-state index contributed by atoms with van der Waals surface area (Å²) in [5.41, 5.74) is 3.82. The number of methoxy groups -OCH3 is 2. The molecule has 2 aliphatic rings. The van der Waals surface area contributed by atoms with Crippen LogP contribution in [0.3, 0.4) is 0 Å². The largest absolute Gasteiger partial charge is 0.497 e. The maximum absolute atomic E-state index is 13.2. The molecule has 170 valence electrons. The predicted molar refractivity (Wildman–Crippen MR) is 125 cm³/mol. The molecule has 1 atom stereocenters. The Morgan fingerprint density at radius 1 is 1.03 bits per heavy atom. The Bertz CT molecular complexity index is 976. The lowest BCUT2D eigenvalue weighted by Gasteiger charge is -2.41. The number of carbonyl (C=O) groups excluding carboxylic acids is 2. The van der Waals surface area contributed by atoms with Crippen LogP contribution in [0, 0.1) is 0 Å². The first-order chi connectivity index (χ1) is 15.5. The normalized spacial score (nSPS) is 18.8. The topological polar surface area (TPSA) is 62.3 Å². The van der Waals surface area contributed by atoms with Gasteiger partial charge in [0, 0.05) is 43.6 Å². The Morgan fingerprint density at radius 2 is 1.81 bits per heavy atom. The first-order valence-electron chi connectivity index (χ1n) is 11.1. The quantitative estimate of drug-likeness (QED) is 0.671. The van der Waals surface area contributed by atoms with E-state index in [-0.39, 0.29) is 17.9 Å². The Morgan fingerprint density at radius 3 is 2.50 bits per heavy atom. The molecule has 1 unspecified atom stereocenters. The summed E-state index contributed by atoms with van der Waals surface area (Å²) in [5, 5.41) is 0. The van der Waals surface area contributed by atoms with Gasteiger partial charge in [0.1, 0.15) is 5.75 Å². The zero-order valence-corrected chi connectivity index (χ0v) is 19.0. The van der Waals surface area contributed by atoms with Gasteiger partial charge in [-0.2, -0.15) is 0 Å². The number of rotatable bonds is 5. The van der Waals surface area contributed by atoms with E-state index in [9.17, 15) is 9.59 Å². The van der Waals surface area contributed by atoms with E-state index < -0.39 is 0 Å². The van der Waals surface area contributed by atoms with E-state index in [1.807, 2.05) is 35.2 Å². The highest BCUT2D eigenvalue weighted by atomic mass is 16.5. The van der Waals surface area contributed by atoms with Gasteiger partial charge in [-0.15, -0.1) is 0 Å². The van der Waals surface area contributed by atoms with Crippen molar-refractivity contribution in [2.75, 3.05) is 56.7 Å². The molecule has 1 amide bonds. The molecule has 0 N–H and O–H groups in total. The molecule has 0 aromatic heterocycles. The molecule has 0 spiro atoms. The number of ether oxygens (including phenoxy) is 2. The monoisotopic (exact) mass is 437 g/mol. The summed E-state index contributed by atoms with van der Waals surface area (Å²) in [7, 11) is 3.06. The number of hydrogen-bond donors (Lipinski definition) is 0. The molecular formula is C25H31N3O4. The van der Waals surface area contributed by atoms with Crippen molar-refractivity contribution in [3.8, 4) is 5.75 Å². The van der Waals surface area contributed by atoms with Crippen molar-refractivity contribution in [3.63, 3.8) is 0 Å². The van der Waals surface area contributed by atoms with Gasteiger partial charge in [0.05, 0.1) is 26.3 Å². The highest BCUT2D eigenvalue weighted by Gasteiger charge is 2.29. The molecule has 0 aliphatic carbocycles. The number of fused-ring (bicyclic) bond motifs is 1. The molecule has 4 rings (SSSR count). The maximum Gasteiger partial charge on any atom is 0.337 e. The maximum atomic E-state index is 13.2. The van der Waals surface area contributed by atoms with Crippen LogP contribution in [0.5, 0.6) is 5.75 Å². The van der Waals surface area contributed by atoms with Gasteiger partial charge in [-0.05, 0) is 67.8 Å². The molecule has 0 bridgehead atoms. The Labute approximate surface area is 189 Å². The van der Waals surface area contributed by atoms with Crippen LogP contribution in [-0.4, -0.2) is 69.8 Å². The standard InChI is InChI=1S/C25H31N3O4/c1-18-16-27(21-8-6-19(7-9-21)25(30)32-3)14-13-26(18)17-24(29)28-12-4-5-20-15-22(31-2)10-11-23(20)28/h6-11,15,18H,4-5,12-14,16-17H2,1-3H3. The van der Waals surface area contributed by atoms with Gasteiger partial charge in [-0.25, -0.2) is 4.79 Å². The smallest absolute Gasteiger partial charge is 0.337 e. The van der Waals surface area contributed by atoms with Crippen molar-refractivity contribution < 1.29 is 19.1 Å². The molecule has 0 radical (unpaired) electrons. The van der Waals surface area contributed by atoms with Crippen molar-refractivity contribution in [1.29, 1.82) is 0 Å². The molecule has 0 saturated carbocycles. The SMILES string of the molecule is COC(=O)c1ccc(N2CCN(CC(=O)N3CCCc4cc(OC)ccc43)C(C)C2)cc1. The zero-order chi connectivity index (χ0) is 22.7. The number of esters is 1. The summed E-state index contributed by atoms with van der Waals surface area (Å²) in [5.74, 6) is 0.659. The van der Waals surface area contributed by atoms with Crippen LogP contribution in [0.1, 0.15) is 29.3 Å². The average molecular weight is 438 g/mol. The van der Waals surface area contributed by atoms with E-state index >= 15 is 0 Å². The van der Waals surface area contributed by atoms with E-state index in [4.69, 9.17) is 9.47 Å². The first-order valence-corrected chi connectivity index (χ1v) is 11.1. The lowest BCUT2D eigenvalue weighted by molar-refractivity contribution is -0.120. The second kappa shape index (κ2) is 9.61. The number of nitrogens with zero attached hydrogens (tertiary/aromatic N) is 3. The molecule has 7 nitrogen and oxygen atoms in total. The zero-order valence-electron chi connectivity index (χ0n) is 19.0. The number of benzene rings is 2. The van der Waals surface area contributed by atoms with Crippen molar-refractivity contribution in [2.45, 2.75) is 25.8 Å². The lowest BCUT2D eigenvalue weighted by atomic mass is 10.0. The Hall–Kier alpha value is -3.06. The summed E-state index contributed by atoms with van der Waals surface area (Å²) in [4.78, 5) is 31.4. The molecule has 2 heterocycles. The average Bonchev–Trinajstić information content (AvgIpc) is 2.84. The molecule has 32 heavy (non-hydrogen) atoms. The van der Waals surface area contributed by atoms with Crippen LogP contribution in [0.2, 0.25) is 0 Å². The van der Waals surface area contributed by atoms with E-state index in [1.165, 1.54) is 12.7 Å². The summed E-state index contributed by atoms with van der Waals surface area (Å²) < 4.78 is 10.1. The molecular weight excluding hydrogens is 406 g/mol. The molecule has 7 heteroatoms. The molecule has 2 aromatic carbocycles. The lowest BCUT2D eigenvalue weighted by Crippen LogP contribution is -2.55. The number of aryl methyl sites for hydroxylation is 1. The van der Waals surface area contributed by atoms with Crippen LogP contribution in [0.4, 0.5) is 11.4 Å². The van der Waals surface area contributed by atoms with Gasteiger partial charge < -0.3 is 19.3 Å². The van der Waals surface area contributed by atoms with Gasteiger partial charge >= 0.3 is 5.97 Å². The van der Waals surface area contributed by atoms with E-state index in [0.29, 0.717) is 12.1 Å². The van der Waals surface area contributed by atoms with Crippen LogP contribution in [0.15, 0.2) is 42.5 Å². The third-order valence-corrected chi connectivity index (χ3v) is 6.46. The molecule has 1 fully saturated rings. The molecule has 1 saturated heterocycles. The third kappa shape index (κ3) is 4.58. The van der Waals surface area contributed by atoms with Crippen LogP contribution in [-0.2, 0) is 16.0 Å². The van der Waals surface area contributed by atoms with Gasteiger partial charge in [-0.3, -0.25) is 9.69 Å². The third-order valence-electron chi connectivity index (χ3n) is 6.46. The fourth-order valence-corrected chi connectivity index (χ4v) is 4.61. The summed E-state index contributed by atoms with van der Waals surface area (Å²) >= 11 is 0. The van der Waals surface area contributed by atoms with Gasteiger partial charge in [0.2, 0.25) is 5.91 Å². The number of carbonyl (C=O) groups is 2. The van der Waals surface area contributed by atoms with Crippen molar-refractivity contribution in [2.24, 2.45) is 0 Å². The summed E-state index contributed by atoms with van der Waals surface area (Å²) in [6.45, 7) is 5.83. The number of hydrogen-bond acceptors (Lipinski definition) is 6. The Balaban J connectivity index is 1.38. The summed E-state index contributed by atoms with van der Waals surface area (Å²) in [6, 6.07) is 13.7. The minimum absolute atomic E-state index is 0.152. The second-order valence-electron chi connectivity index (χ2n) is 8.45. The number of piperazine rings is 1. The fourth-order valence-electron chi connectivity index (χ4n) is 4.61. The fraction of sp³-hybridized carbons (Fsp3) is 0.440. The van der Waals surface area contributed by atoms with Gasteiger partial charge in [-0.1, -0.05) is 0 Å². The highest BCUT2D eigenvalue weighted by molar-refractivity contribution is 5.96. The van der Waals surface area contributed by atoms with Crippen LogP contribution in [0.25, 0.3) is 0 Å². The minimum Gasteiger partial charge on any atom is -0.497 e. The first kappa shape index (κ1) is 22.1. The van der Waals surface area contributed by atoms with Gasteiger partial charge in [0.25, 0.3) is 0 Å². The van der Waals surface area contributed by atoms with Crippen LogP contribution < -0.4 is 14.5 Å². The number of amides is 1. The second-order valence-corrected chi connectivity index (χ2v) is 8.45. The molecule has 2 aromatic rings.